The first kappa shape index (κ1) is 24.8. The van der Waals surface area contributed by atoms with Gasteiger partial charge < -0.3 is 14.8 Å². The van der Waals surface area contributed by atoms with Gasteiger partial charge in [-0.1, -0.05) is 60.1 Å². The lowest BCUT2D eigenvalue weighted by atomic mass is 10.0. The quantitative estimate of drug-likeness (QED) is 0.250. The number of benzene rings is 4. The summed E-state index contributed by atoms with van der Waals surface area (Å²) in [6.07, 6.45) is 1.48. The number of nitrogens with zero attached hydrogens (tertiary/aromatic N) is 1. The molecule has 2 N–H and O–H groups in total. The highest BCUT2D eigenvalue weighted by Gasteiger charge is 2.11. The number of carbonyl (C=O) groups excluding carboxylic acids is 2. The summed E-state index contributed by atoms with van der Waals surface area (Å²) in [5.74, 6) is 0.325. The minimum atomic E-state index is -0.449. The van der Waals surface area contributed by atoms with E-state index in [1.807, 2.05) is 48.5 Å². The minimum absolute atomic E-state index is 0.208. The molecular weight excluding hydrogens is 478 g/mol. The molecule has 0 spiro atoms. The monoisotopic (exact) mass is 501 g/mol. The molecule has 4 aromatic rings. The van der Waals surface area contributed by atoms with Gasteiger partial charge in [-0.3, -0.25) is 9.59 Å². The van der Waals surface area contributed by atoms with Gasteiger partial charge >= 0.3 is 0 Å². The van der Waals surface area contributed by atoms with Crippen molar-refractivity contribution in [2.24, 2.45) is 5.10 Å². The molecule has 0 unspecified atom stereocenters. The summed E-state index contributed by atoms with van der Waals surface area (Å²) in [7, 11) is 1.55. The van der Waals surface area contributed by atoms with E-state index in [0.717, 1.165) is 16.3 Å². The summed E-state index contributed by atoms with van der Waals surface area (Å²) in [4.78, 5) is 24.7. The molecule has 0 saturated heterocycles. The Labute approximate surface area is 213 Å². The van der Waals surface area contributed by atoms with Crippen molar-refractivity contribution >= 4 is 40.4 Å². The predicted molar refractivity (Wildman–Crippen MR) is 141 cm³/mol. The SMILES string of the molecule is COc1cc(/C=N/NC(=O)CNC(=O)c2cccc3ccccc23)ccc1OCc1ccc(Cl)cc1. The number of hydrogen-bond acceptors (Lipinski definition) is 5. The lowest BCUT2D eigenvalue weighted by molar-refractivity contribution is -0.120. The van der Waals surface area contributed by atoms with Gasteiger partial charge in [-0.25, -0.2) is 5.43 Å². The Morgan fingerprint density at radius 1 is 0.944 bits per heavy atom. The van der Waals surface area contributed by atoms with Crippen molar-refractivity contribution in [2.75, 3.05) is 13.7 Å². The molecule has 0 aliphatic heterocycles. The van der Waals surface area contributed by atoms with Crippen LogP contribution in [-0.2, 0) is 11.4 Å². The van der Waals surface area contributed by atoms with Crippen molar-refractivity contribution in [3.63, 3.8) is 0 Å². The fourth-order valence-electron chi connectivity index (χ4n) is 3.52. The Kier molecular flexibility index (Phi) is 8.16. The van der Waals surface area contributed by atoms with Crippen molar-refractivity contribution in [3.05, 3.63) is 107 Å². The highest BCUT2D eigenvalue weighted by atomic mass is 35.5. The number of nitrogens with one attached hydrogen (secondary N) is 2. The van der Waals surface area contributed by atoms with Gasteiger partial charge in [0.1, 0.15) is 6.61 Å². The van der Waals surface area contributed by atoms with Crippen LogP contribution in [0.1, 0.15) is 21.5 Å². The van der Waals surface area contributed by atoms with Crippen LogP contribution < -0.4 is 20.2 Å². The number of hydrazone groups is 1. The van der Waals surface area contributed by atoms with E-state index >= 15 is 0 Å². The van der Waals surface area contributed by atoms with E-state index in [1.54, 1.807) is 43.5 Å². The van der Waals surface area contributed by atoms with E-state index in [1.165, 1.54) is 6.21 Å². The van der Waals surface area contributed by atoms with E-state index in [4.69, 9.17) is 21.1 Å². The van der Waals surface area contributed by atoms with E-state index in [9.17, 15) is 9.59 Å². The van der Waals surface area contributed by atoms with Gasteiger partial charge in [0.05, 0.1) is 19.9 Å². The lowest BCUT2D eigenvalue weighted by Gasteiger charge is -2.11. The standard InChI is InChI=1S/C28H24ClN3O4/c1-35-26-15-20(11-14-25(26)36-18-19-9-12-22(29)13-10-19)16-31-32-27(33)17-30-28(34)24-8-4-6-21-5-2-3-7-23(21)24/h2-16H,17-18H2,1H3,(H,30,34)(H,32,33)/b31-16+. The number of hydrogen-bond donors (Lipinski definition) is 2. The molecule has 36 heavy (non-hydrogen) atoms. The van der Waals surface area contributed by atoms with Gasteiger partial charge in [-0.05, 0) is 58.3 Å². The lowest BCUT2D eigenvalue weighted by Crippen LogP contribution is -2.35. The normalized spacial score (nSPS) is 10.8. The number of amides is 2. The van der Waals surface area contributed by atoms with E-state index in [-0.39, 0.29) is 12.5 Å². The third-order valence-electron chi connectivity index (χ3n) is 5.34. The molecule has 0 heterocycles. The molecular formula is C28H24ClN3O4. The number of rotatable bonds is 9. The molecule has 8 heteroatoms. The van der Waals surface area contributed by atoms with Crippen molar-refractivity contribution in [1.29, 1.82) is 0 Å². The second kappa shape index (κ2) is 11.9. The number of methoxy groups -OCH3 is 1. The van der Waals surface area contributed by atoms with Crippen molar-refractivity contribution in [1.82, 2.24) is 10.7 Å². The third kappa shape index (κ3) is 6.40. The maximum atomic E-state index is 12.6. The number of ether oxygens (including phenoxy) is 2. The second-order valence-electron chi connectivity index (χ2n) is 7.83. The fraction of sp³-hybridized carbons (Fsp3) is 0.107. The maximum absolute atomic E-state index is 12.6. The van der Waals surface area contributed by atoms with Gasteiger partial charge in [0.25, 0.3) is 11.8 Å². The molecule has 0 radical (unpaired) electrons. The predicted octanol–water partition coefficient (Wildman–Crippen LogP) is 4.96. The first-order valence-corrected chi connectivity index (χ1v) is 11.5. The van der Waals surface area contributed by atoms with E-state index in [2.05, 4.69) is 15.8 Å². The van der Waals surface area contributed by atoms with E-state index < -0.39 is 5.91 Å². The van der Waals surface area contributed by atoms with Gasteiger partial charge in [-0.15, -0.1) is 0 Å². The topological polar surface area (TPSA) is 89.0 Å². The van der Waals surface area contributed by atoms with Crippen molar-refractivity contribution < 1.29 is 19.1 Å². The number of carbonyl (C=O) groups is 2. The molecule has 182 valence electrons. The molecule has 0 aliphatic carbocycles. The van der Waals surface area contributed by atoms with Crippen LogP contribution in [0.3, 0.4) is 0 Å². The third-order valence-corrected chi connectivity index (χ3v) is 5.59. The Morgan fingerprint density at radius 3 is 2.53 bits per heavy atom. The zero-order chi connectivity index (χ0) is 25.3. The van der Waals surface area contributed by atoms with Gasteiger partial charge in [0.2, 0.25) is 0 Å². The molecule has 0 aromatic heterocycles. The molecule has 7 nitrogen and oxygen atoms in total. The Hall–Kier alpha value is -4.36. The zero-order valence-corrected chi connectivity index (χ0v) is 20.3. The Morgan fingerprint density at radius 2 is 1.72 bits per heavy atom. The Balaban J connectivity index is 1.29. The van der Waals surface area contributed by atoms with Crippen LogP contribution in [0.5, 0.6) is 11.5 Å². The highest BCUT2D eigenvalue weighted by molar-refractivity contribution is 6.30. The van der Waals surface area contributed by atoms with Crippen LogP contribution in [-0.4, -0.2) is 31.7 Å². The molecule has 0 saturated carbocycles. The summed E-state index contributed by atoms with van der Waals surface area (Å²) in [5, 5.41) is 9.04. The average molecular weight is 502 g/mol. The van der Waals surface area contributed by atoms with Crippen LogP contribution >= 0.6 is 11.6 Å². The summed E-state index contributed by atoms with van der Waals surface area (Å²) in [6.45, 7) is 0.154. The average Bonchev–Trinajstić information content (AvgIpc) is 2.91. The zero-order valence-electron chi connectivity index (χ0n) is 19.5. The van der Waals surface area contributed by atoms with Crippen LogP contribution in [0.25, 0.3) is 10.8 Å². The van der Waals surface area contributed by atoms with Crippen molar-refractivity contribution in [3.8, 4) is 11.5 Å². The summed E-state index contributed by atoms with van der Waals surface area (Å²) in [5.41, 5.74) is 4.59. The minimum Gasteiger partial charge on any atom is -0.493 e. The fourth-order valence-corrected chi connectivity index (χ4v) is 3.65. The molecule has 0 fully saturated rings. The smallest absolute Gasteiger partial charge is 0.259 e. The van der Waals surface area contributed by atoms with E-state index in [0.29, 0.717) is 34.3 Å². The summed E-state index contributed by atoms with van der Waals surface area (Å²) < 4.78 is 11.3. The summed E-state index contributed by atoms with van der Waals surface area (Å²) in [6, 6.07) is 25.7. The van der Waals surface area contributed by atoms with Crippen molar-refractivity contribution in [2.45, 2.75) is 6.61 Å². The summed E-state index contributed by atoms with van der Waals surface area (Å²) >= 11 is 5.91. The van der Waals surface area contributed by atoms with Crippen LogP contribution in [0.15, 0.2) is 90.0 Å². The second-order valence-corrected chi connectivity index (χ2v) is 8.26. The van der Waals surface area contributed by atoms with Crippen LogP contribution in [0.2, 0.25) is 5.02 Å². The Bertz CT molecular complexity index is 1400. The molecule has 0 bridgehead atoms. The maximum Gasteiger partial charge on any atom is 0.259 e. The molecule has 4 aromatic carbocycles. The molecule has 2 amide bonds. The number of fused-ring (bicyclic) bond motifs is 1. The first-order valence-electron chi connectivity index (χ1n) is 11.2. The van der Waals surface area contributed by atoms with Gasteiger partial charge in [0, 0.05) is 10.6 Å². The van der Waals surface area contributed by atoms with Gasteiger partial charge in [0.15, 0.2) is 11.5 Å². The number of halogens is 1. The first-order chi connectivity index (χ1) is 17.5. The van der Waals surface area contributed by atoms with Gasteiger partial charge in [-0.2, -0.15) is 5.10 Å². The largest absolute Gasteiger partial charge is 0.493 e. The molecule has 0 aliphatic rings. The highest BCUT2D eigenvalue weighted by Crippen LogP contribution is 2.28. The molecule has 4 rings (SSSR count). The molecule has 0 atom stereocenters. The van der Waals surface area contributed by atoms with Crippen LogP contribution in [0.4, 0.5) is 0 Å². The van der Waals surface area contributed by atoms with Crippen LogP contribution in [0, 0.1) is 0 Å².